The second kappa shape index (κ2) is 7.22. The molecule has 116 valence electrons. The highest BCUT2D eigenvalue weighted by molar-refractivity contribution is 7.61. The van der Waals surface area contributed by atoms with E-state index in [1.807, 2.05) is 0 Å². The summed E-state index contributed by atoms with van der Waals surface area (Å²) in [6.07, 6.45) is 5.56. The summed E-state index contributed by atoms with van der Waals surface area (Å²) in [6.45, 7) is 9.98. The fourth-order valence-electron chi connectivity index (χ4n) is 3.74. The van der Waals surface area contributed by atoms with Crippen LogP contribution in [0.1, 0.15) is 39.5 Å². The Bertz CT molecular complexity index is 414. The van der Waals surface area contributed by atoms with Gasteiger partial charge in [0.1, 0.15) is 0 Å². The highest BCUT2D eigenvalue weighted by Crippen LogP contribution is 2.47. The largest absolute Gasteiger partial charge is 0.266 e. The van der Waals surface area contributed by atoms with Gasteiger partial charge < -0.3 is 0 Å². The van der Waals surface area contributed by atoms with Crippen molar-refractivity contribution in [3.63, 3.8) is 0 Å². The normalized spacial score (nSPS) is 28.9. The molecule has 0 aromatic heterocycles. The zero-order valence-corrected chi connectivity index (χ0v) is 14.4. The van der Waals surface area contributed by atoms with Crippen molar-refractivity contribution in [2.24, 2.45) is 11.8 Å². The Hall–Kier alpha value is -0.430. The number of hydrogen-bond acceptors (Lipinski definition) is 2. The Morgan fingerprint density at radius 3 is 1.86 bits per heavy atom. The minimum Gasteiger partial charge on any atom is -0.266 e. The van der Waals surface area contributed by atoms with Crippen LogP contribution in [-0.2, 0) is 0 Å². The maximum atomic E-state index is 2.80. The van der Waals surface area contributed by atoms with Crippen molar-refractivity contribution in [1.82, 2.24) is 9.34 Å². The Morgan fingerprint density at radius 1 is 0.857 bits per heavy atom. The lowest BCUT2D eigenvalue weighted by Gasteiger charge is -2.45. The van der Waals surface area contributed by atoms with Gasteiger partial charge in [-0.3, -0.25) is 9.34 Å². The molecule has 0 bridgehead atoms. The highest BCUT2D eigenvalue weighted by atomic mass is 31.1. The van der Waals surface area contributed by atoms with Crippen LogP contribution in [0.15, 0.2) is 30.3 Å². The lowest BCUT2D eigenvalue weighted by Crippen LogP contribution is -2.42. The van der Waals surface area contributed by atoms with Gasteiger partial charge in [-0.15, -0.1) is 0 Å². The summed E-state index contributed by atoms with van der Waals surface area (Å²) in [6, 6.07) is 11.3. The number of nitrogens with zero attached hydrogens (tertiary/aromatic N) is 2. The minimum absolute atomic E-state index is 0.279. The maximum absolute atomic E-state index is 2.80. The summed E-state index contributed by atoms with van der Waals surface area (Å²) in [4.78, 5) is 0. The maximum Gasteiger partial charge on any atom is 0.0724 e. The van der Waals surface area contributed by atoms with Crippen molar-refractivity contribution in [1.29, 1.82) is 0 Å². The average Bonchev–Trinajstić information content (AvgIpc) is 2.49. The predicted molar refractivity (Wildman–Crippen MR) is 92.9 cm³/mol. The van der Waals surface area contributed by atoms with Gasteiger partial charge in [0.15, 0.2) is 0 Å². The van der Waals surface area contributed by atoms with E-state index in [0.717, 1.165) is 11.8 Å². The molecule has 2 nitrogen and oxygen atoms in total. The van der Waals surface area contributed by atoms with Crippen molar-refractivity contribution in [3.8, 4) is 0 Å². The lowest BCUT2D eigenvalue weighted by molar-refractivity contribution is 0.250. The standard InChI is InChI=1S/C18H29N2P/c1-16-8-6-12-19(14-16)21(18-10-4-3-5-11-18)20-13-7-9-17(2)15-20/h3-5,10-11,16-17H,6-9,12-15H2,1-2H3/t16-,17-/m0/s1. The van der Waals surface area contributed by atoms with Crippen LogP contribution in [0.4, 0.5) is 0 Å². The number of hydrogen-bond donors (Lipinski definition) is 0. The van der Waals surface area contributed by atoms with E-state index < -0.39 is 0 Å². The molecular weight excluding hydrogens is 275 g/mol. The fraction of sp³-hybridized carbons (Fsp3) is 0.667. The van der Waals surface area contributed by atoms with Gasteiger partial charge in [-0.25, -0.2) is 0 Å². The van der Waals surface area contributed by atoms with Crippen LogP contribution in [0.25, 0.3) is 0 Å². The SMILES string of the molecule is C[C@H]1CCCN(P(c2ccccc2)N2CCC[C@H](C)C2)C1. The van der Waals surface area contributed by atoms with E-state index in [4.69, 9.17) is 0 Å². The van der Waals surface area contributed by atoms with Crippen LogP contribution >= 0.6 is 8.22 Å². The average molecular weight is 304 g/mol. The Balaban J connectivity index is 1.83. The van der Waals surface area contributed by atoms with Gasteiger partial charge >= 0.3 is 0 Å². The molecule has 0 unspecified atom stereocenters. The van der Waals surface area contributed by atoms with Gasteiger partial charge in [0.2, 0.25) is 0 Å². The highest BCUT2D eigenvalue weighted by Gasteiger charge is 2.32. The summed E-state index contributed by atoms with van der Waals surface area (Å²) in [5.41, 5.74) is 0. The van der Waals surface area contributed by atoms with Gasteiger partial charge in [0, 0.05) is 31.5 Å². The quantitative estimate of drug-likeness (QED) is 0.776. The Labute approximate surface area is 131 Å². The minimum atomic E-state index is -0.279. The summed E-state index contributed by atoms with van der Waals surface area (Å²) in [5.74, 6) is 1.71. The van der Waals surface area contributed by atoms with E-state index in [-0.39, 0.29) is 8.22 Å². The van der Waals surface area contributed by atoms with Gasteiger partial charge in [-0.05, 0) is 37.5 Å². The van der Waals surface area contributed by atoms with Crippen LogP contribution in [0.3, 0.4) is 0 Å². The molecule has 2 atom stereocenters. The third-order valence-electron chi connectivity index (χ3n) is 4.79. The molecule has 1 aromatic rings. The molecule has 0 saturated carbocycles. The molecule has 1 aromatic carbocycles. The number of rotatable bonds is 3. The molecule has 21 heavy (non-hydrogen) atoms. The van der Waals surface area contributed by atoms with Gasteiger partial charge in [0.25, 0.3) is 0 Å². The van der Waals surface area contributed by atoms with Crippen LogP contribution in [0.5, 0.6) is 0 Å². The zero-order chi connectivity index (χ0) is 14.7. The van der Waals surface area contributed by atoms with Crippen molar-refractivity contribution < 1.29 is 0 Å². The summed E-state index contributed by atoms with van der Waals surface area (Å²) in [5, 5.41) is 1.55. The molecule has 0 N–H and O–H groups in total. The van der Waals surface area contributed by atoms with Crippen LogP contribution in [0, 0.1) is 11.8 Å². The van der Waals surface area contributed by atoms with Gasteiger partial charge in [-0.2, -0.15) is 0 Å². The zero-order valence-electron chi connectivity index (χ0n) is 13.5. The third kappa shape index (κ3) is 3.86. The summed E-state index contributed by atoms with van der Waals surface area (Å²) in [7, 11) is -0.279. The third-order valence-corrected chi connectivity index (χ3v) is 7.35. The van der Waals surface area contributed by atoms with E-state index in [1.54, 1.807) is 5.30 Å². The fourth-order valence-corrected chi connectivity index (χ4v) is 6.72. The predicted octanol–water partition coefficient (Wildman–Crippen LogP) is 4.09. The molecule has 2 saturated heterocycles. The van der Waals surface area contributed by atoms with Crippen LogP contribution < -0.4 is 5.30 Å². The van der Waals surface area contributed by atoms with Crippen molar-refractivity contribution >= 4 is 13.5 Å². The Morgan fingerprint density at radius 2 is 1.38 bits per heavy atom. The van der Waals surface area contributed by atoms with E-state index in [0.29, 0.717) is 0 Å². The first kappa shape index (κ1) is 15.5. The lowest BCUT2D eigenvalue weighted by atomic mass is 10.0. The molecular formula is C18H29N2P. The summed E-state index contributed by atoms with van der Waals surface area (Å²) < 4.78 is 5.60. The first-order valence-corrected chi connectivity index (χ1v) is 9.83. The molecule has 3 rings (SSSR count). The summed E-state index contributed by atoms with van der Waals surface area (Å²) >= 11 is 0. The van der Waals surface area contributed by atoms with Gasteiger partial charge in [0.05, 0.1) is 8.22 Å². The monoisotopic (exact) mass is 304 g/mol. The smallest absolute Gasteiger partial charge is 0.0724 e. The molecule has 0 amide bonds. The Kier molecular flexibility index (Phi) is 5.32. The number of benzene rings is 1. The molecule has 0 spiro atoms. The molecule has 2 aliphatic rings. The van der Waals surface area contributed by atoms with E-state index in [2.05, 4.69) is 53.5 Å². The van der Waals surface area contributed by atoms with Crippen LogP contribution in [-0.4, -0.2) is 35.5 Å². The van der Waals surface area contributed by atoms with Crippen molar-refractivity contribution in [2.75, 3.05) is 26.2 Å². The molecule has 3 heteroatoms. The molecule has 2 fully saturated rings. The van der Waals surface area contributed by atoms with E-state index in [1.165, 1.54) is 51.9 Å². The van der Waals surface area contributed by atoms with E-state index in [9.17, 15) is 0 Å². The van der Waals surface area contributed by atoms with Crippen molar-refractivity contribution in [2.45, 2.75) is 39.5 Å². The first-order chi connectivity index (χ1) is 10.2. The molecule has 0 radical (unpaired) electrons. The second-order valence-corrected chi connectivity index (χ2v) is 9.17. The first-order valence-electron chi connectivity index (χ1n) is 8.59. The topological polar surface area (TPSA) is 6.48 Å². The van der Waals surface area contributed by atoms with Crippen molar-refractivity contribution in [3.05, 3.63) is 30.3 Å². The molecule has 2 heterocycles. The van der Waals surface area contributed by atoms with Gasteiger partial charge in [-0.1, -0.05) is 44.2 Å². The molecule has 0 aliphatic carbocycles. The second-order valence-electron chi connectivity index (χ2n) is 6.95. The van der Waals surface area contributed by atoms with Crippen LogP contribution in [0.2, 0.25) is 0 Å². The van der Waals surface area contributed by atoms with E-state index >= 15 is 0 Å². The number of piperidine rings is 2. The molecule has 2 aliphatic heterocycles.